The number of guanidine groups is 1. The molecule has 1 amide bonds. The highest BCUT2D eigenvalue weighted by Crippen LogP contribution is 2.40. The highest BCUT2D eigenvalue weighted by Gasteiger charge is 2.33. The zero-order chi connectivity index (χ0) is 19.5. The second-order valence-corrected chi connectivity index (χ2v) is 7.31. The van der Waals surface area contributed by atoms with Crippen molar-refractivity contribution in [1.29, 1.82) is 0 Å². The van der Waals surface area contributed by atoms with Crippen LogP contribution in [0.25, 0.3) is 0 Å². The van der Waals surface area contributed by atoms with Crippen LogP contribution in [0.2, 0.25) is 0 Å². The predicted octanol–water partition coefficient (Wildman–Crippen LogP) is 3.30. The van der Waals surface area contributed by atoms with E-state index in [2.05, 4.69) is 20.9 Å². The van der Waals surface area contributed by atoms with E-state index < -0.39 is 0 Å². The molecule has 6 heteroatoms. The number of carbonyl (C=O) groups excluding carboxylic acids is 1. The van der Waals surface area contributed by atoms with Crippen molar-refractivity contribution in [3.8, 4) is 0 Å². The summed E-state index contributed by atoms with van der Waals surface area (Å²) >= 11 is 0. The molecule has 0 heterocycles. The van der Waals surface area contributed by atoms with Gasteiger partial charge in [0.15, 0.2) is 5.96 Å². The molecule has 1 aliphatic carbocycles. The molecule has 1 fully saturated rings. The summed E-state index contributed by atoms with van der Waals surface area (Å²) in [5.41, 5.74) is 2.22. The van der Waals surface area contributed by atoms with Gasteiger partial charge in [0.25, 0.3) is 0 Å². The fraction of sp³-hybridized carbons (Fsp3) is 0.619. The van der Waals surface area contributed by atoms with Crippen LogP contribution in [0.1, 0.15) is 51.5 Å². The molecule has 1 saturated carbocycles. The van der Waals surface area contributed by atoms with Crippen molar-refractivity contribution in [3.63, 3.8) is 0 Å². The van der Waals surface area contributed by atoms with Crippen LogP contribution in [-0.4, -0.2) is 38.7 Å². The van der Waals surface area contributed by atoms with Crippen molar-refractivity contribution in [2.75, 3.05) is 32.1 Å². The number of nitrogens with one attached hydrogen (secondary N) is 3. The Balaban J connectivity index is 1.85. The number of carbonyl (C=O) groups is 1. The molecule has 6 nitrogen and oxygen atoms in total. The molecule has 150 valence electrons. The van der Waals surface area contributed by atoms with E-state index in [1.807, 2.05) is 31.2 Å². The first-order valence-corrected chi connectivity index (χ1v) is 9.96. The minimum atomic E-state index is -0.0634. The van der Waals surface area contributed by atoms with Crippen LogP contribution in [0.5, 0.6) is 0 Å². The van der Waals surface area contributed by atoms with Crippen molar-refractivity contribution in [2.24, 2.45) is 10.4 Å². The molecule has 0 saturated heterocycles. The van der Waals surface area contributed by atoms with Crippen molar-refractivity contribution >= 4 is 17.6 Å². The normalized spacial score (nSPS) is 16.2. The summed E-state index contributed by atoms with van der Waals surface area (Å²) in [6.07, 6.45) is 6.21. The lowest BCUT2D eigenvalue weighted by Gasteiger charge is -2.30. The Labute approximate surface area is 163 Å². The number of rotatable bonds is 9. The van der Waals surface area contributed by atoms with Gasteiger partial charge in [-0.05, 0) is 49.3 Å². The Morgan fingerprint density at radius 2 is 2.04 bits per heavy atom. The summed E-state index contributed by atoms with van der Waals surface area (Å²) < 4.78 is 5.59. The standard InChI is InChI=1S/C21H34N4O2/c1-4-27-13-12-21(10-5-6-11-21)16-24-20(22-3)23-15-18-8-7-9-19(14-18)25-17(2)26/h7-9,14H,4-6,10-13,15-16H2,1-3H3,(H,25,26)(H2,22,23,24). The molecule has 0 radical (unpaired) electrons. The number of hydrogen-bond acceptors (Lipinski definition) is 3. The van der Waals surface area contributed by atoms with Gasteiger partial charge in [0.05, 0.1) is 0 Å². The molecular formula is C21H34N4O2. The topological polar surface area (TPSA) is 74.8 Å². The molecule has 0 aromatic heterocycles. The average Bonchev–Trinajstić information content (AvgIpc) is 3.11. The summed E-state index contributed by atoms with van der Waals surface area (Å²) in [6, 6.07) is 7.84. The third kappa shape index (κ3) is 7.21. The van der Waals surface area contributed by atoms with Crippen molar-refractivity contribution < 1.29 is 9.53 Å². The molecule has 1 aliphatic rings. The van der Waals surface area contributed by atoms with Gasteiger partial charge in [-0.2, -0.15) is 0 Å². The molecule has 0 aliphatic heterocycles. The van der Waals surface area contributed by atoms with E-state index in [-0.39, 0.29) is 5.91 Å². The van der Waals surface area contributed by atoms with Crippen LogP contribution in [0, 0.1) is 5.41 Å². The van der Waals surface area contributed by atoms with Gasteiger partial charge >= 0.3 is 0 Å². The molecule has 0 bridgehead atoms. The Kier molecular flexibility index (Phi) is 8.58. The smallest absolute Gasteiger partial charge is 0.221 e. The van der Waals surface area contributed by atoms with Gasteiger partial charge < -0.3 is 20.7 Å². The molecule has 0 atom stereocenters. The van der Waals surface area contributed by atoms with Gasteiger partial charge in [-0.3, -0.25) is 9.79 Å². The third-order valence-electron chi connectivity index (χ3n) is 5.21. The number of amides is 1. The van der Waals surface area contributed by atoms with Gasteiger partial charge in [-0.15, -0.1) is 0 Å². The summed E-state index contributed by atoms with van der Waals surface area (Å²) in [4.78, 5) is 15.6. The minimum absolute atomic E-state index is 0.0634. The van der Waals surface area contributed by atoms with Crippen LogP contribution in [0.15, 0.2) is 29.3 Å². The first-order valence-electron chi connectivity index (χ1n) is 9.96. The Morgan fingerprint density at radius 1 is 1.26 bits per heavy atom. The summed E-state index contributed by atoms with van der Waals surface area (Å²) in [6.45, 7) is 6.75. The third-order valence-corrected chi connectivity index (χ3v) is 5.21. The summed E-state index contributed by atoms with van der Waals surface area (Å²) in [5.74, 6) is 0.745. The maximum atomic E-state index is 11.2. The molecule has 0 unspecified atom stereocenters. The quantitative estimate of drug-likeness (QED) is 0.352. The zero-order valence-corrected chi connectivity index (χ0v) is 16.9. The first kappa shape index (κ1) is 21.2. The molecule has 2 rings (SSSR count). The van der Waals surface area contributed by atoms with E-state index >= 15 is 0 Å². The van der Waals surface area contributed by atoms with E-state index in [0.717, 1.165) is 43.4 Å². The molecule has 27 heavy (non-hydrogen) atoms. The first-order chi connectivity index (χ1) is 13.1. The zero-order valence-electron chi connectivity index (χ0n) is 16.9. The minimum Gasteiger partial charge on any atom is -0.382 e. The van der Waals surface area contributed by atoms with E-state index in [0.29, 0.717) is 12.0 Å². The van der Waals surface area contributed by atoms with E-state index in [1.54, 1.807) is 7.05 Å². The van der Waals surface area contributed by atoms with E-state index in [9.17, 15) is 4.79 Å². The summed E-state index contributed by atoms with van der Waals surface area (Å²) in [7, 11) is 1.80. The van der Waals surface area contributed by atoms with Crippen molar-refractivity contribution in [3.05, 3.63) is 29.8 Å². The second kappa shape index (κ2) is 10.9. The highest BCUT2D eigenvalue weighted by atomic mass is 16.5. The maximum Gasteiger partial charge on any atom is 0.221 e. The number of benzene rings is 1. The lowest BCUT2D eigenvalue weighted by atomic mass is 9.83. The SMILES string of the molecule is CCOCCC1(CNC(=NC)NCc2cccc(NC(C)=O)c2)CCCC1. The fourth-order valence-electron chi connectivity index (χ4n) is 3.71. The van der Waals surface area contributed by atoms with Crippen molar-refractivity contribution in [2.45, 2.75) is 52.5 Å². The number of nitrogens with zero attached hydrogens (tertiary/aromatic N) is 1. The average molecular weight is 375 g/mol. The van der Waals surface area contributed by atoms with Crippen LogP contribution < -0.4 is 16.0 Å². The Morgan fingerprint density at radius 3 is 2.70 bits per heavy atom. The number of anilines is 1. The predicted molar refractivity (Wildman–Crippen MR) is 111 cm³/mol. The Hall–Kier alpha value is -2.08. The monoisotopic (exact) mass is 374 g/mol. The Bertz CT molecular complexity index is 624. The second-order valence-electron chi connectivity index (χ2n) is 7.31. The fourth-order valence-corrected chi connectivity index (χ4v) is 3.71. The maximum absolute atomic E-state index is 11.2. The molecular weight excluding hydrogens is 340 g/mol. The van der Waals surface area contributed by atoms with Gasteiger partial charge in [0.2, 0.25) is 5.91 Å². The van der Waals surface area contributed by atoms with Crippen LogP contribution in [0.4, 0.5) is 5.69 Å². The lowest BCUT2D eigenvalue weighted by molar-refractivity contribution is -0.114. The van der Waals surface area contributed by atoms with Crippen LogP contribution >= 0.6 is 0 Å². The van der Waals surface area contributed by atoms with Crippen molar-refractivity contribution in [1.82, 2.24) is 10.6 Å². The molecule has 1 aromatic carbocycles. The van der Waals surface area contributed by atoms with Crippen LogP contribution in [0.3, 0.4) is 0 Å². The molecule has 1 aromatic rings. The largest absolute Gasteiger partial charge is 0.382 e. The van der Waals surface area contributed by atoms with Gasteiger partial charge in [-0.1, -0.05) is 25.0 Å². The van der Waals surface area contributed by atoms with Gasteiger partial charge in [0.1, 0.15) is 0 Å². The summed E-state index contributed by atoms with van der Waals surface area (Å²) in [5, 5.41) is 9.69. The van der Waals surface area contributed by atoms with Gasteiger partial charge in [-0.25, -0.2) is 0 Å². The lowest BCUT2D eigenvalue weighted by Crippen LogP contribution is -2.43. The van der Waals surface area contributed by atoms with E-state index in [4.69, 9.17) is 4.74 Å². The number of aliphatic imine (C=N–C) groups is 1. The van der Waals surface area contributed by atoms with E-state index in [1.165, 1.54) is 32.6 Å². The highest BCUT2D eigenvalue weighted by molar-refractivity contribution is 5.88. The van der Waals surface area contributed by atoms with Crippen LogP contribution in [-0.2, 0) is 16.1 Å². The number of hydrogen-bond donors (Lipinski definition) is 3. The number of ether oxygens (including phenoxy) is 1. The van der Waals surface area contributed by atoms with Gasteiger partial charge in [0, 0.05) is 46.0 Å². The molecule has 0 spiro atoms. The molecule has 3 N–H and O–H groups in total.